The molecule has 10 heteroatoms. The summed E-state index contributed by atoms with van der Waals surface area (Å²) in [5, 5.41) is 20.9. The van der Waals surface area contributed by atoms with E-state index in [1.807, 2.05) is 0 Å². The van der Waals surface area contributed by atoms with Gasteiger partial charge in [-0.1, -0.05) is 12.1 Å². The predicted molar refractivity (Wildman–Crippen MR) is 113 cm³/mol. The lowest BCUT2D eigenvalue weighted by molar-refractivity contribution is -0.384. The van der Waals surface area contributed by atoms with Crippen molar-refractivity contribution in [1.82, 2.24) is 4.98 Å². The zero-order valence-corrected chi connectivity index (χ0v) is 16.8. The minimum atomic E-state index is -1.18. The summed E-state index contributed by atoms with van der Waals surface area (Å²) in [6.45, 7) is 0. The second-order valence-electron chi connectivity index (χ2n) is 6.21. The van der Waals surface area contributed by atoms with Gasteiger partial charge in [0.2, 0.25) is 0 Å². The Morgan fingerprint density at radius 1 is 1.19 bits per heavy atom. The summed E-state index contributed by atoms with van der Waals surface area (Å²) < 4.78 is 16.5. The van der Waals surface area contributed by atoms with Crippen molar-refractivity contribution >= 4 is 40.6 Å². The number of thioether (sulfide) groups is 1. The maximum Gasteiger partial charge on any atom is 0.342 e. The van der Waals surface area contributed by atoms with Crippen molar-refractivity contribution in [1.29, 1.82) is 0 Å². The molecular formula is C21H14N2O7S. The van der Waals surface area contributed by atoms with Crippen LogP contribution in [0.5, 0.6) is 5.75 Å². The molecule has 0 saturated carbocycles. The number of non-ortho nitro benzene ring substituents is 1. The Balaban J connectivity index is 1.66. The fraction of sp³-hybridized carbons (Fsp3) is 0.0476. The number of nitrogens with zero attached hydrogens (tertiary/aromatic N) is 2. The molecule has 0 radical (unpaired) electrons. The molecule has 0 saturated heterocycles. The zero-order valence-electron chi connectivity index (χ0n) is 16.0. The number of carboxylic acid groups (broad SMARTS) is 1. The molecule has 0 spiro atoms. The van der Waals surface area contributed by atoms with Crippen LogP contribution in [0.15, 0.2) is 73.6 Å². The van der Waals surface area contributed by atoms with Crippen molar-refractivity contribution in [2.45, 2.75) is 5.22 Å². The molecule has 0 aliphatic rings. The summed E-state index contributed by atoms with van der Waals surface area (Å²) in [4.78, 5) is 26.5. The van der Waals surface area contributed by atoms with E-state index in [4.69, 9.17) is 13.6 Å². The van der Waals surface area contributed by atoms with Gasteiger partial charge in [-0.15, -0.1) is 0 Å². The first kappa shape index (κ1) is 20.2. The van der Waals surface area contributed by atoms with E-state index in [2.05, 4.69) is 4.98 Å². The number of methoxy groups -OCH3 is 1. The number of rotatable bonds is 7. The smallest absolute Gasteiger partial charge is 0.342 e. The second-order valence-corrected chi connectivity index (χ2v) is 7.20. The van der Waals surface area contributed by atoms with Crippen molar-refractivity contribution in [3.8, 4) is 17.1 Å². The van der Waals surface area contributed by atoms with Crippen LogP contribution in [0.25, 0.3) is 28.5 Å². The van der Waals surface area contributed by atoms with Gasteiger partial charge in [0.05, 0.1) is 17.6 Å². The molecule has 0 atom stereocenters. The summed E-state index contributed by atoms with van der Waals surface area (Å²) in [6.07, 6.45) is 1.33. The minimum Gasteiger partial charge on any atom is -0.496 e. The second kappa shape index (κ2) is 8.36. The number of furan rings is 1. The number of para-hydroxylation sites is 2. The molecule has 0 amide bonds. The Morgan fingerprint density at radius 3 is 2.71 bits per heavy atom. The van der Waals surface area contributed by atoms with Gasteiger partial charge in [-0.25, -0.2) is 9.78 Å². The van der Waals surface area contributed by atoms with E-state index >= 15 is 0 Å². The highest BCUT2D eigenvalue weighted by Crippen LogP contribution is 2.36. The van der Waals surface area contributed by atoms with Crippen molar-refractivity contribution in [2.24, 2.45) is 0 Å². The summed E-state index contributed by atoms with van der Waals surface area (Å²) in [5.74, 6) is -0.263. The summed E-state index contributed by atoms with van der Waals surface area (Å²) in [5.41, 5.74) is 1.42. The SMILES string of the molecule is COc1ccc([N+](=O)[O-])cc1-c1ccc(/C=C(\Sc2nc3ccccc3o2)C(=O)O)o1. The molecule has 1 N–H and O–H groups in total. The van der Waals surface area contributed by atoms with Gasteiger partial charge in [0.1, 0.15) is 27.7 Å². The molecular weight excluding hydrogens is 424 g/mol. The number of aliphatic carboxylic acids is 1. The number of hydrogen-bond acceptors (Lipinski definition) is 8. The molecule has 0 aliphatic carbocycles. The predicted octanol–water partition coefficient (Wildman–Crippen LogP) is 5.22. The van der Waals surface area contributed by atoms with E-state index in [9.17, 15) is 20.0 Å². The van der Waals surface area contributed by atoms with Crippen molar-refractivity contribution in [3.05, 3.63) is 75.4 Å². The minimum absolute atomic E-state index is 0.0709. The maximum atomic E-state index is 11.7. The highest BCUT2D eigenvalue weighted by molar-refractivity contribution is 8.03. The Hall–Kier alpha value is -4.05. The molecule has 0 aliphatic heterocycles. The van der Waals surface area contributed by atoms with Gasteiger partial charge in [0.25, 0.3) is 10.9 Å². The number of carboxylic acids is 1. The monoisotopic (exact) mass is 438 g/mol. The van der Waals surface area contributed by atoms with Gasteiger partial charge in [-0.2, -0.15) is 0 Å². The first-order valence-corrected chi connectivity index (χ1v) is 9.67. The van der Waals surface area contributed by atoms with E-state index in [0.717, 1.165) is 11.8 Å². The summed E-state index contributed by atoms with van der Waals surface area (Å²) >= 11 is 0.846. The number of nitro benzene ring substituents is 1. The third-order valence-corrected chi connectivity index (χ3v) is 5.10. The van der Waals surface area contributed by atoms with Crippen LogP contribution in [0.2, 0.25) is 0 Å². The van der Waals surface area contributed by atoms with E-state index in [1.54, 1.807) is 36.4 Å². The van der Waals surface area contributed by atoms with Crippen molar-refractivity contribution in [3.63, 3.8) is 0 Å². The van der Waals surface area contributed by atoms with Crippen molar-refractivity contribution < 1.29 is 28.4 Å². The lowest BCUT2D eigenvalue weighted by Gasteiger charge is -2.05. The zero-order chi connectivity index (χ0) is 22.0. The van der Waals surface area contributed by atoms with Crippen LogP contribution in [0.4, 0.5) is 5.69 Å². The quantitative estimate of drug-likeness (QED) is 0.179. The van der Waals surface area contributed by atoms with E-state index in [0.29, 0.717) is 28.2 Å². The van der Waals surface area contributed by atoms with Crippen LogP contribution in [0, 0.1) is 10.1 Å². The first-order valence-electron chi connectivity index (χ1n) is 8.85. The normalized spacial score (nSPS) is 11.6. The van der Waals surface area contributed by atoms with Crippen LogP contribution in [0.3, 0.4) is 0 Å². The average molecular weight is 438 g/mol. The van der Waals surface area contributed by atoms with Gasteiger partial charge < -0.3 is 18.7 Å². The molecule has 9 nitrogen and oxygen atoms in total. The largest absolute Gasteiger partial charge is 0.496 e. The molecule has 0 bridgehead atoms. The standard InChI is InChI=1S/C21H14N2O7S/c1-28-16-8-6-12(23(26)27)10-14(16)17-9-7-13(29-17)11-19(20(24)25)31-21-22-15-4-2-3-5-18(15)30-21/h2-11H,1H3,(H,24,25)/b19-11-. The van der Waals surface area contributed by atoms with Gasteiger partial charge in [-0.05, 0) is 42.1 Å². The van der Waals surface area contributed by atoms with Crippen LogP contribution >= 0.6 is 11.8 Å². The van der Waals surface area contributed by atoms with Crippen LogP contribution in [-0.4, -0.2) is 28.1 Å². The Morgan fingerprint density at radius 2 is 2.00 bits per heavy atom. The molecule has 156 valence electrons. The topological polar surface area (TPSA) is 129 Å². The Kier molecular flexibility index (Phi) is 5.46. The third-order valence-electron chi connectivity index (χ3n) is 4.24. The number of ether oxygens (including phenoxy) is 1. The molecule has 31 heavy (non-hydrogen) atoms. The van der Waals surface area contributed by atoms with Crippen LogP contribution in [0.1, 0.15) is 5.76 Å². The lowest BCUT2D eigenvalue weighted by atomic mass is 10.1. The molecule has 4 rings (SSSR count). The number of nitro groups is 1. The van der Waals surface area contributed by atoms with Gasteiger partial charge in [-0.3, -0.25) is 10.1 Å². The Bertz CT molecular complexity index is 1290. The first-order chi connectivity index (χ1) is 14.9. The Labute approximate surface area is 179 Å². The molecule has 2 heterocycles. The van der Waals surface area contributed by atoms with Crippen LogP contribution < -0.4 is 4.74 Å². The fourth-order valence-electron chi connectivity index (χ4n) is 2.83. The highest BCUT2D eigenvalue weighted by Gasteiger charge is 2.18. The molecule has 0 unspecified atom stereocenters. The van der Waals surface area contributed by atoms with E-state index in [1.165, 1.54) is 31.4 Å². The van der Waals surface area contributed by atoms with Crippen LogP contribution in [-0.2, 0) is 4.79 Å². The molecule has 2 aromatic heterocycles. The molecule has 4 aromatic rings. The van der Waals surface area contributed by atoms with Crippen molar-refractivity contribution in [2.75, 3.05) is 7.11 Å². The van der Waals surface area contributed by atoms with Gasteiger partial charge in [0.15, 0.2) is 5.58 Å². The van der Waals surface area contributed by atoms with E-state index < -0.39 is 10.9 Å². The number of oxazole rings is 1. The fourth-order valence-corrected chi connectivity index (χ4v) is 3.56. The number of fused-ring (bicyclic) bond motifs is 1. The molecule has 2 aromatic carbocycles. The maximum absolute atomic E-state index is 11.7. The third kappa shape index (κ3) is 4.28. The summed E-state index contributed by atoms with van der Waals surface area (Å²) in [7, 11) is 1.44. The number of carbonyl (C=O) groups is 1. The van der Waals surface area contributed by atoms with E-state index in [-0.39, 0.29) is 21.6 Å². The number of benzene rings is 2. The molecule has 0 fully saturated rings. The lowest BCUT2D eigenvalue weighted by Crippen LogP contribution is -1.96. The average Bonchev–Trinajstić information content (AvgIpc) is 3.39. The number of aromatic nitrogens is 1. The number of hydrogen-bond donors (Lipinski definition) is 1. The van der Waals surface area contributed by atoms with Gasteiger partial charge >= 0.3 is 5.97 Å². The highest BCUT2D eigenvalue weighted by atomic mass is 32.2. The van der Waals surface area contributed by atoms with Gasteiger partial charge in [0, 0.05) is 18.2 Å². The summed E-state index contributed by atoms with van der Waals surface area (Å²) in [6, 6.07) is 14.4.